The fourth-order valence-electron chi connectivity index (χ4n) is 1.13. The fraction of sp³-hybridized carbons (Fsp3) is 0.357. The zero-order valence-electron chi connectivity index (χ0n) is 11.6. The van der Waals surface area contributed by atoms with Crippen molar-refractivity contribution in [2.24, 2.45) is 10.2 Å². The first-order valence-corrected chi connectivity index (χ1v) is 9.85. The van der Waals surface area contributed by atoms with E-state index in [1.807, 2.05) is 0 Å². The second kappa shape index (κ2) is 6.64. The van der Waals surface area contributed by atoms with Gasteiger partial charge in [0.1, 0.15) is 8.07 Å². The second-order valence-electron chi connectivity index (χ2n) is 5.22. The summed E-state index contributed by atoms with van der Waals surface area (Å²) >= 11 is 5.78. The molecule has 5 heteroatoms. The van der Waals surface area contributed by atoms with Gasteiger partial charge >= 0.3 is 0 Å². The molecule has 0 aliphatic heterocycles. The number of hydrogen-bond acceptors (Lipinski definition) is 3. The highest BCUT2D eigenvalue weighted by molar-refractivity contribution is 6.83. The maximum absolute atomic E-state index is 11.5. The van der Waals surface area contributed by atoms with E-state index >= 15 is 0 Å². The molecule has 0 bridgehead atoms. The number of carbonyl (C=O) groups is 1. The van der Waals surface area contributed by atoms with Crippen LogP contribution in [0.4, 0.5) is 5.69 Å². The number of azo groups is 1. The molecule has 0 heterocycles. The van der Waals surface area contributed by atoms with Gasteiger partial charge in [-0.2, -0.15) is 10.2 Å². The number of rotatable bonds is 3. The Bertz CT molecular complexity index is 535. The lowest BCUT2D eigenvalue weighted by Gasteiger charge is -2.05. The molecule has 0 aromatic heterocycles. The number of hydrogen-bond donors (Lipinski definition) is 0. The van der Waals surface area contributed by atoms with Crippen molar-refractivity contribution < 1.29 is 4.79 Å². The highest BCUT2D eigenvalue weighted by Gasteiger charge is 2.12. The van der Waals surface area contributed by atoms with Crippen LogP contribution in [0.25, 0.3) is 0 Å². The molecule has 0 N–H and O–H groups in total. The minimum Gasteiger partial charge on any atom is -0.296 e. The predicted octanol–water partition coefficient (Wildman–Crippen LogP) is 4.26. The van der Waals surface area contributed by atoms with Crippen LogP contribution in [0.1, 0.15) is 6.92 Å². The minimum atomic E-state index is -1.51. The summed E-state index contributed by atoms with van der Waals surface area (Å²) in [7, 11) is -1.51. The summed E-state index contributed by atoms with van der Waals surface area (Å²) in [5, 5.41) is 8.67. The maximum Gasteiger partial charge on any atom is 0.188 e. The van der Waals surface area contributed by atoms with Crippen molar-refractivity contribution in [2.75, 3.05) is 0 Å². The molecular weight excluding hydrogens is 276 g/mol. The average molecular weight is 293 g/mol. The lowest BCUT2D eigenvalue weighted by molar-refractivity contribution is -0.117. The number of carbonyl (C=O) groups excluding carboxylic acids is 1. The van der Waals surface area contributed by atoms with E-state index in [0.717, 1.165) is 0 Å². The first-order chi connectivity index (χ1) is 8.78. The Kier molecular flexibility index (Phi) is 5.46. The summed E-state index contributed by atoms with van der Waals surface area (Å²) in [6.07, 6.45) is 0. The molecule has 1 aromatic rings. The molecule has 1 aromatic carbocycles. The molecule has 0 saturated heterocycles. The van der Waals surface area contributed by atoms with Crippen LogP contribution < -0.4 is 0 Å². The van der Waals surface area contributed by atoms with E-state index in [1.165, 1.54) is 6.92 Å². The van der Waals surface area contributed by atoms with Crippen molar-refractivity contribution in [1.82, 2.24) is 0 Å². The zero-order valence-corrected chi connectivity index (χ0v) is 13.3. The standard InChI is InChI=1S/C14H17ClN2OSi/c1-11(18)14(9-10-19(2,3)4)17-16-13-7-5-12(15)6-8-13/h5-8,14H,1-4H3. The summed E-state index contributed by atoms with van der Waals surface area (Å²) in [6, 6.07) is 6.27. The number of benzene rings is 1. The molecule has 1 rings (SSSR count). The summed E-state index contributed by atoms with van der Waals surface area (Å²) in [4.78, 5) is 11.5. The lowest BCUT2D eigenvalue weighted by Crippen LogP contribution is -2.19. The van der Waals surface area contributed by atoms with E-state index in [-0.39, 0.29) is 5.78 Å². The second-order valence-corrected chi connectivity index (χ2v) is 10.4. The highest BCUT2D eigenvalue weighted by Crippen LogP contribution is 2.17. The van der Waals surface area contributed by atoms with Crippen LogP contribution in [0.5, 0.6) is 0 Å². The highest BCUT2D eigenvalue weighted by atomic mass is 35.5. The summed E-state index contributed by atoms with van der Waals surface area (Å²) in [5.41, 5.74) is 3.80. The van der Waals surface area contributed by atoms with E-state index in [0.29, 0.717) is 10.7 Å². The largest absolute Gasteiger partial charge is 0.296 e. The molecule has 0 aliphatic carbocycles. The maximum atomic E-state index is 11.5. The molecule has 1 atom stereocenters. The molecule has 0 amide bonds. The Labute approximate surface area is 120 Å². The van der Waals surface area contributed by atoms with Crippen molar-refractivity contribution >= 4 is 31.1 Å². The van der Waals surface area contributed by atoms with E-state index < -0.39 is 14.1 Å². The number of nitrogens with zero attached hydrogens (tertiary/aromatic N) is 2. The van der Waals surface area contributed by atoms with Gasteiger partial charge in [-0.15, -0.1) is 5.54 Å². The van der Waals surface area contributed by atoms with Gasteiger partial charge in [-0.05, 0) is 31.2 Å². The normalized spacial score (nSPS) is 12.9. The van der Waals surface area contributed by atoms with E-state index in [1.54, 1.807) is 24.3 Å². The van der Waals surface area contributed by atoms with E-state index in [2.05, 4.69) is 41.3 Å². The molecule has 0 radical (unpaired) electrons. The van der Waals surface area contributed by atoms with Gasteiger partial charge in [-0.3, -0.25) is 4.79 Å². The van der Waals surface area contributed by atoms with Gasteiger partial charge in [0.15, 0.2) is 11.8 Å². The molecule has 0 saturated carbocycles. The number of Topliss-reactive ketones (excluding diaryl/α,β-unsaturated/α-hetero) is 1. The first-order valence-electron chi connectivity index (χ1n) is 5.97. The molecule has 0 fully saturated rings. The van der Waals surface area contributed by atoms with Crippen LogP contribution in [0.2, 0.25) is 24.7 Å². The molecule has 1 unspecified atom stereocenters. The Hall–Kier alpha value is -1.44. The van der Waals surface area contributed by atoms with Crippen molar-refractivity contribution in [2.45, 2.75) is 32.6 Å². The smallest absolute Gasteiger partial charge is 0.188 e. The van der Waals surface area contributed by atoms with E-state index in [9.17, 15) is 4.79 Å². The number of ketones is 1. The Morgan fingerprint density at radius 3 is 2.32 bits per heavy atom. The van der Waals surface area contributed by atoms with Gasteiger partial charge in [-0.25, -0.2) is 0 Å². The third-order valence-corrected chi connectivity index (χ3v) is 3.23. The van der Waals surface area contributed by atoms with Gasteiger partial charge in [0, 0.05) is 5.02 Å². The van der Waals surface area contributed by atoms with Crippen LogP contribution in [0, 0.1) is 11.5 Å². The first kappa shape index (κ1) is 15.6. The van der Waals surface area contributed by atoms with Crippen molar-refractivity contribution in [1.29, 1.82) is 0 Å². The predicted molar refractivity (Wildman–Crippen MR) is 81.6 cm³/mol. The Morgan fingerprint density at radius 1 is 1.26 bits per heavy atom. The van der Waals surface area contributed by atoms with Gasteiger partial charge in [0.2, 0.25) is 0 Å². The Balaban J connectivity index is 2.87. The summed E-state index contributed by atoms with van der Waals surface area (Å²) in [6.45, 7) is 7.83. The molecule has 3 nitrogen and oxygen atoms in total. The monoisotopic (exact) mass is 292 g/mol. The SMILES string of the molecule is CC(=O)C(C#C[Si](C)(C)C)N=Nc1ccc(Cl)cc1. The van der Waals surface area contributed by atoms with Gasteiger partial charge in [-0.1, -0.05) is 37.2 Å². The van der Waals surface area contributed by atoms with Crippen LogP contribution in [-0.4, -0.2) is 19.9 Å². The molecular formula is C14H17ClN2OSi. The van der Waals surface area contributed by atoms with Crippen molar-refractivity contribution in [3.63, 3.8) is 0 Å². The zero-order chi connectivity index (χ0) is 14.5. The van der Waals surface area contributed by atoms with Crippen LogP contribution >= 0.6 is 11.6 Å². The molecule has 19 heavy (non-hydrogen) atoms. The lowest BCUT2D eigenvalue weighted by atomic mass is 10.2. The third kappa shape index (κ3) is 6.32. The minimum absolute atomic E-state index is 0.0940. The van der Waals surface area contributed by atoms with Gasteiger partial charge in [0.25, 0.3) is 0 Å². The van der Waals surface area contributed by atoms with E-state index in [4.69, 9.17) is 11.6 Å². The van der Waals surface area contributed by atoms with Crippen molar-refractivity contribution in [3.8, 4) is 11.5 Å². The Morgan fingerprint density at radius 2 is 1.84 bits per heavy atom. The topological polar surface area (TPSA) is 41.8 Å². The van der Waals surface area contributed by atoms with Gasteiger partial charge < -0.3 is 0 Å². The van der Waals surface area contributed by atoms with Crippen LogP contribution in [-0.2, 0) is 4.79 Å². The molecule has 0 aliphatic rings. The average Bonchev–Trinajstić information content (AvgIpc) is 2.29. The molecule has 100 valence electrons. The summed E-state index contributed by atoms with van der Waals surface area (Å²) in [5.74, 6) is 2.82. The van der Waals surface area contributed by atoms with Crippen LogP contribution in [0.3, 0.4) is 0 Å². The van der Waals surface area contributed by atoms with Crippen molar-refractivity contribution in [3.05, 3.63) is 29.3 Å². The fourth-order valence-corrected chi connectivity index (χ4v) is 1.82. The number of halogens is 1. The van der Waals surface area contributed by atoms with Gasteiger partial charge in [0.05, 0.1) is 5.69 Å². The third-order valence-electron chi connectivity index (χ3n) is 2.08. The quantitative estimate of drug-likeness (QED) is 0.466. The molecule has 0 spiro atoms. The van der Waals surface area contributed by atoms with Crippen LogP contribution in [0.15, 0.2) is 34.5 Å². The summed E-state index contributed by atoms with van der Waals surface area (Å²) < 4.78 is 0.